The summed E-state index contributed by atoms with van der Waals surface area (Å²) in [5.41, 5.74) is -0.367. The van der Waals surface area contributed by atoms with Gasteiger partial charge in [0.1, 0.15) is 18.5 Å². The van der Waals surface area contributed by atoms with E-state index in [1.54, 1.807) is 6.07 Å². The third-order valence-corrected chi connectivity index (χ3v) is 3.52. The molecule has 0 aliphatic heterocycles. The van der Waals surface area contributed by atoms with E-state index in [0.29, 0.717) is 5.56 Å². The highest BCUT2D eigenvalue weighted by molar-refractivity contribution is 5.94. The minimum Gasteiger partial charge on any atom is -0.324 e. The molecule has 0 saturated carbocycles. The van der Waals surface area contributed by atoms with Gasteiger partial charge in [-0.25, -0.2) is 14.1 Å². The molecular weight excluding hydrogens is 352 g/mol. The number of amides is 1. The summed E-state index contributed by atoms with van der Waals surface area (Å²) >= 11 is 0. The standard InChI is InChI=1S/C17H12F4N4O/c18-13-3-1-2-11(6-13)7-16(26)24-14-8-12(17(19,20)21)4-5-15(14)25-10-22-9-23-25/h1-6,8-10H,7H2,(H,24,26). The topological polar surface area (TPSA) is 59.8 Å². The number of carbonyl (C=O) groups excluding carboxylic acids is 1. The van der Waals surface area contributed by atoms with Crippen molar-refractivity contribution >= 4 is 11.6 Å². The first-order valence-electron chi connectivity index (χ1n) is 7.43. The molecule has 0 fully saturated rings. The molecule has 0 aliphatic rings. The number of aromatic nitrogens is 3. The molecule has 1 amide bonds. The Morgan fingerprint density at radius 2 is 1.96 bits per heavy atom. The molecule has 0 aliphatic carbocycles. The average molecular weight is 364 g/mol. The molecule has 1 heterocycles. The van der Waals surface area contributed by atoms with Crippen molar-refractivity contribution in [2.24, 2.45) is 0 Å². The molecule has 0 spiro atoms. The molecule has 3 rings (SSSR count). The Bertz CT molecular complexity index is 923. The van der Waals surface area contributed by atoms with Crippen molar-refractivity contribution in [3.63, 3.8) is 0 Å². The van der Waals surface area contributed by atoms with Gasteiger partial charge in [-0.3, -0.25) is 4.79 Å². The summed E-state index contributed by atoms with van der Waals surface area (Å²) in [4.78, 5) is 16.0. The van der Waals surface area contributed by atoms with Gasteiger partial charge in [0, 0.05) is 0 Å². The van der Waals surface area contributed by atoms with Crippen molar-refractivity contribution in [1.82, 2.24) is 14.8 Å². The van der Waals surface area contributed by atoms with Gasteiger partial charge in [-0.05, 0) is 35.9 Å². The summed E-state index contributed by atoms with van der Waals surface area (Å²) in [6, 6.07) is 8.31. The number of nitrogens with one attached hydrogen (secondary N) is 1. The van der Waals surface area contributed by atoms with E-state index in [2.05, 4.69) is 15.4 Å². The summed E-state index contributed by atoms with van der Waals surface area (Å²) in [5, 5.41) is 6.29. The third kappa shape index (κ3) is 4.05. The molecular formula is C17H12F4N4O. The van der Waals surface area contributed by atoms with Crippen molar-refractivity contribution in [2.45, 2.75) is 12.6 Å². The van der Waals surface area contributed by atoms with E-state index < -0.39 is 23.5 Å². The minimum absolute atomic E-state index is 0.0771. The number of hydrogen-bond donors (Lipinski definition) is 1. The van der Waals surface area contributed by atoms with Gasteiger partial charge < -0.3 is 5.32 Å². The van der Waals surface area contributed by atoms with Gasteiger partial charge in [-0.2, -0.15) is 18.3 Å². The molecule has 2 aromatic carbocycles. The van der Waals surface area contributed by atoms with Crippen LogP contribution in [0.3, 0.4) is 0 Å². The molecule has 9 heteroatoms. The van der Waals surface area contributed by atoms with Crippen LogP contribution in [-0.4, -0.2) is 20.7 Å². The van der Waals surface area contributed by atoms with Crippen LogP contribution in [0.4, 0.5) is 23.2 Å². The zero-order valence-electron chi connectivity index (χ0n) is 13.2. The lowest BCUT2D eigenvalue weighted by Gasteiger charge is -2.14. The zero-order valence-corrected chi connectivity index (χ0v) is 13.2. The molecule has 3 aromatic rings. The maximum Gasteiger partial charge on any atom is 0.416 e. The molecule has 0 unspecified atom stereocenters. The van der Waals surface area contributed by atoms with Crippen LogP contribution >= 0.6 is 0 Å². The van der Waals surface area contributed by atoms with Crippen LogP contribution in [-0.2, 0) is 17.4 Å². The summed E-state index contributed by atoms with van der Waals surface area (Å²) < 4.78 is 53.4. The molecule has 0 radical (unpaired) electrons. The van der Waals surface area contributed by atoms with Crippen molar-refractivity contribution in [2.75, 3.05) is 5.32 Å². The predicted octanol–water partition coefficient (Wildman–Crippen LogP) is 3.61. The van der Waals surface area contributed by atoms with Crippen LogP contribution < -0.4 is 5.32 Å². The van der Waals surface area contributed by atoms with Crippen LogP contribution in [0, 0.1) is 5.82 Å². The first kappa shape index (κ1) is 17.6. The van der Waals surface area contributed by atoms with E-state index in [4.69, 9.17) is 0 Å². The number of hydrogen-bond acceptors (Lipinski definition) is 3. The lowest BCUT2D eigenvalue weighted by atomic mass is 10.1. The number of carbonyl (C=O) groups is 1. The molecule has 1 N–H and O–H groups in total. The van der Waals surface area contributed by atoms with Gasteiger partial charge in [0.15, 0.2) is 0 Å². The lowest BCUT2D eigenvalue weighted by molar-refractivity contribution is -0.137. The Morgan fingerprint density at radius 1 is 1.15 bits per heavy atom. The van der Waals surface area contributed by atoms with Crippen LogP contribution in [0.25, 0.3) is 5.69 Å². The van der Waals surface area contributed by atoms with Crippen molar-refractivity contribution < 1.29 is 22.4 Å². The van der Waals surface area contributed by atoms with Crippen molar-refractivity contribution in [1.29, 1.82) is 0 Å². The number of alkyl halides is 3. The maximum atomic E-state index is 13.2. The van der Waals surface area contributed by atoms with Crippen LogP contribution in [0.15, 0.2) is 55.1 Å². The van der Waals surface area contributed by atoms with Crippen LogP contribution in [0.1, 0.15) is 11.1 Å². The molecule has 134 valence electrons. The Balaban J connectivity index is 1.90. The Morgan fingerprint density at radius 3 is 2.62 bits per heavy atom. The summed E-state index contributed by atoms with van der Waals surface area (Å²) in [5.74, 6) is -1.09. The highest BCUT2D eigenvalue weighted by Crippen LogP contribution is 2.33. The second-order valence-corrected chi connectivity index (χ2v) is 5.42. The monoisotopic (exact) mass is 364 g/mol. The molecule has 0 atom stereocenters. The Labute approximate surface area is 145 Å². The SMILES string of the molecule is O=C(Cc1cccc(F)c1)Nc1cc(C(F)(F)F)ccc1-n1cncn1. The van der Waals surface area contributed by atoms with Crippen LogP contribution in [0.2, 0.25) is 0 Å². The van der Waals surface area contributed by atoms with Gasteiger partial charge in [0.25, 0.3) is 0 Å². The molecule has 5 nitrogen and oxygen atoms in total. The van der Waals surface area contributed by atoms with Crippen molar-refractivity contribution in [3.05, 3.63) is 72.1 Å². The number of nitrogens with zero attached hydrogens (tertiary/aromatic N) is 3. The second-order valence-electron chi connectivity index (χ2n) is 5.42. The fourth-order valence-electron chi connectivity index (χ4n) is 2.37. The molecule has 0 saturated heterocycles. The Hall–Kier alpha value is -3.23. The Kier molecular flexibility index (Phi) is 4.70. The van der Waals surface area contributed by atoms with Crippen LogP contribution in [0.5, 0.6) is 0 Å². The summed E-state index contributed by atoms with van der Waals surface area (Å²) in [6.07, 6.45) is -2.24. The number of benzene rings is 2. The smallest absolute Gasteiger partial charge is 0.324 e. The maximum absolute atomic E-state index is 13.2. The predicted molar refractivity (Wildman–Crippen MR) is 85.1 cm³/mol. The number of anilines is 1. The number of halogens is 4. The molecule has 26 heavy (non-hydrogen) atoms. The number of rotatable bonds is 4. The highest BCUT2D eigenvalue weighted by atomic mass is 19.4. The van der Waals surface area contributed by atoms with E-state index in [9.17, 15) is 22.4 Å². The quantitative estimate of drug-likeness (QED) is 0.720. The third-order valence-electron chi connectivity index (χ3n) is 3.52. The lowest BCUT2D eigenvalue weighted by Crippen LogP contribution is -2.17. The molecule has 1 aromatic heterocycles. The van der Waals surface area contributed by atoms with Gasteiger partial charge in [-0.1, -0.05) is 12.1 Å². The van der Waals surface area contributed by atoms with Crippen molar-refractivity contribution in [3.8, 4) is 5.69 Å². The normalized spacial score (nSPS) is 11.4. The minimum atomic E-state index is -4.57. The fourth-order valence-corrected chi connectivity index (χ4v) is 2.37. The highest BCUT2D eigenvalue weighted by Gasteiger charge is 2.31. The first-order valence-corrected chi connectivity index (χ1v) is 7.43. The summed E-state index contributed by atoms with van der Waals surface area (Å²) in [6.45, 7) is 0. The second kappa shape index (κ2) is 6.95. The van der Waals surface area contributed by atoms with E-state index in [0.717, 1.165) is 12.1 Å². The summed E-state index contributed by atoms with van der Waals surface area (Å²) in [7, 11) is 0. The first-order chi connectivity index (χ1) is 12.3. The van der Waals surface area contributed by atoms with Gasteiger partial charge in [-0.15, -0.1) is 0 Å². The average Bonchev–Trinajstić information content (AvgIpc) is 3.08. The largest absolute Gasteiger partial charge is 0.416 e. The van der Waals surface area contributed by atoms with Gasteiger partial charge in [0.05, 0.1) is 23.4 Å². The van der Waals surface area contributed by atoms with E-state index in [1.807, 2.05) is 0 Å². The van der Waals surface area contributed by atoms with E-state index in [1.165, 1.54) is 41.6 Å². The zero-order chi connectivity index (χ0) is 18.7. The van der Waals surface area contributed by atoms with Gasteiger partial charge in [0.2, 0.25) is 5.91 Å². The molecule has 0 bridgehead atoms. The van der Waals surface area contributed by atoms with E-state index in [-0.39, 0.29) is 17.8 Å². The fraction of sp³-hybridized carbons (Fsp3) is 0.118. The van der Waals surface area contributed by atoms with Gasteiger partial charge >= 0.3 is 6.18 Å². The van der Waals surface area contributed by atoms with E-state index >= 15 is 0 Å².